The summed E-state index contributed by atoms with van der Waals surface area (Å²) in [6.07, 6.45) is 5.79. The van der Waals surface area contributed by atoms with Crippen LogP contribution in [0.3, 0.4) is 0 Å². The van der Waals surface area contributed by atoms with Crippen LogP contribution in [0.2, 0.25) is 0 Å². The topological polar surface area (TPSA) is 35.8 Å². The summed E-state index contributed by atoms with van der Waals surface area (Å²) in [5.74, 6) is 0.933. The Balaban J connectivity index is 2.11. The average Bonchev–Trinajstić information content (AvgIpc) is 3.24. The van der Waals surface area contributed by atoms with Crippen LogP contribution in [0.1, 0.15) is 58.2 Å². The summed E-state index contributed by atoms with van der Waals surface area (Å²) >= 11 is 0. The van der Waals surface area contributed by atoms with Crippen molar-refractivity contribution in [2.24, 2.45) is 5.10 Å². The van der Waals surface area contributed by atoms with E-state index in [2.05, 4.69) is 83.0 Å². The largest absolute Gasteiger partial charge is 0.467 e. The first kappa shape index (κ1) is 24.2. The lowest BCUT2D eigenvalue weighted by Crippen LogP contribution is -2.24. The van der Waals surface area contributed by atoms with Gasteiger partial charge in [0, 0.05) is 35.9 Å². The quantitative estimate of drug-likeness (QED) is 0.268. The van der Waals surface area contributed by atoms with Crippen LogP contribution in [0.15, 0.2) is 66.0 Å². The maximum Gasteiger partial charge on any atom is 0.188 e. The fourth-order valence-electron chi connectivity index (χ4n) is 3.38. The molecule has 0 N–H and O–H groups in total. The van der Waals surface area contributed by atoms with E-state index >= 15 is 0 Å². The Morgan fingerprint density at radius 1 is 0.906 bits per heavy atom. The van der Waals surface area contributed by atoms with Gasteiger partial charge in [0.15, 0.2) is 6.79 Å². The van der Waals surface area contributed by atoms with Crippen molar-refractivity contribution in [3.63, 3.8) is 0 Å². The molecule has 0 aliphatic carbocycles. The van der Waals surface area contributed by atoms with E-state index in [9.17, 15) is 0 Å². The first-order chi connectivity index (χ1) is 15.1. The second-order valence-electron chi connectivity index (χ2n) is 9.97. The van der Waals surface area contributed by atoms with Crippen LogP contribution >= 0.6 is 8.58 Å². The van der Waals surface area contributed by atoms with Crippen LogP contribution in [0.5, 0.6) is 5.75 Å². The van der Waals surface area contributed by atoms with Gasteiger partial charge in [-0.05, 0) is 39.9 Å². The Morgan fingerprint density at radius 3 is 2.22 bits per heavy atom. The number of methoxy groups -OCH3 is 1. The molecule has 1 unspecified atom stereocenters. The van der Waals surface area contributed by atoms with Crippen LogP contribution in [0, 0.1) is 0 Å². The number of aromatic nitrogens is 1. The Morgan fingerprint density at radius 2 is 1.59 bits per heavy atom. The van der Waals surface area contributed by atoms with Gasteiger partial charge in [-0.25, -0.2) is 4.68 Å². The fraction of sp³-hybridized carbons (Fsp3) is 0.370. The molecule has 0 saturated carbocycles. The third kappa shape index (κ3) is 6.09. The maximum atomic E-state index is 6.19. The van der Waals surface area contributed by atoms with Crippen LogP contribution in [-0.4, -0.2) is 24.8 Å². The molecule has 0 saturated heterocycles. The van der Waals surface area contributed by atoms with Gasteiger partial charge in [-0.1, -0.05) is 80.5 Å². The lowest BCUT2D eigenvalue weighted by molar-refractivity contribution is 0.0506. The summed E-state index contributed by atoms with van der Waals surface area (Å²) in [6.45, 7) is 13.7. The fourth-order valence-corrected chi connectivity index (χ4v) is 4.69. The minimum absolute atomic E-state index is 0.0361. The highest BCUT2D eigenvalue weighted by molar-refractivity contribution is 7.56. The summed E-state index contributed by atoms with van der Waals surface area (Å²) in [7, 11) is 2.09. The van der Waals surface area contributed by atoms with Gasteiger partial charge in [0.25, 0.3) is 0 Å². The van der Waals surface area contributed by atoms with E-state index < -0.39 is 0 Å². The van der Waals surface area contributed by atoms with Gasteiger partial charge < -0.3 is 9.47 Å². The molecule has 0 aliphatic rings. The van der Waals surface area contributed by atoms with E-state index in [1.807, 2.05) is 35.4 Å². The van der Waals surface area contributed by atoms with Gasteiger partial charge in [-0.2, -0.15) is 5.10 Å². The Bertz CT molecular complexity index is 1060. The zero-order chi connectivity index (χ0) is 23.4. The molecule has 1 heterocycles. The molecule has 4 nitrogen and oxygen atoms in total. The number of benzene rings is 2. The third-order valence-corrected chi connectivity index (χ3v) is 6.60. The highest BCUT2D eigenvalue weighted by Crippen LogP contribution is 2.37. The first-order valence-electron chi connectivity index (χ1n) is 10.9. The van der Waals surface area contributed by atoms with Crippen molar-refractivity contribution in [2.75, 3.05) is 13.9 Å². The standard InChI is InChI=1S/C27H35N2O2P/c1-26(2,3)21-16-22(27(4,5)6)25(31-19-30-7)24(17-21)32-23-13-9-8-12-20(23)18-28-29-14-10-11-15-29/h8-18,32H,19H2,1-7H3/b28-18+. The molecule has 0 fully saturated rings. The van der Waals surface area contributed by atoms with E-state index in [0.29, 0.717) is 8.58 Å². The molecule has 1 atom stereocenters. The zero-order valence-corrected chi connectivity index (χ0v) is 21.3. The van der Waals surface area contributed by atoms with E-state index in [1.165, 1.54) is 21.7 Å². The van der Waals surface area contributed by atoms with Crippen molar-refractivity contribution in [2.45, 2.75) is 52.4 Å². The predicted octanol–water partition coefficient (Wildman–Crippen LogP) is 5.58. The van der Waals surface area contributed by atoms with Gasteiger partial charge >= 0.3 is 0 Å². The summed E-state index contributed by atoms with van der Waals surface area (Å²) < 4.78 is 13.3. The van der Waals surface area contributed by atoms with Crippen molar-refractivity contribution in [1.29, 1.82) is 0 Å². The van der Waals surface area contributed by atoms with Crippen molar-refractivity contribution in [1.82, 2.24) is 4.68 Å². The number of hydrogen-bond donors (Lipinski definition) is 0. The molecule has 3 rings (SSSR count). The van der Waals surface area contributed by atoms with Gasteiger partial charge in [0.05, 0.1) is 6.21 Å². The van der Waals surface area contributed by atoms with Crippen molar-refractivity contribution >= 4 is 25.4 Å². The summed E-state index contributed by atoms with van der Waals surface area (Å²) in [5.41, 5.74) is 3.61. The van der Waals surface area contributed by atoms with Crippen LogP contribution in [-0.2, 0) is 15.6 Å². The number of nitrogens with zero attached hydrogens (tertiary/aromatic N) is 2. The maximum absolute atomic E-state index is 6.19. The highest BCUT2D eigenvalue weighted by atomic mass is 31.1. The Hall–Kier alpha value is -2.42. The molecule has 0 spiro atoms. The summed E-state index contributed by atoms with van der Waals surface area (Å²) in [5, 5.41) is 7.00. The lowest BCUT2D eigenvalue weighted by Gasteiger charge is -2.29. The molecular formula is C27H35N2O2P. The lowest BCUT2D eigenvalue weighted by atomic mass is 9.80. The van der Waals surface area contributed by atoms with E-state index in [-0.39, 0.29) is 17.6 Å². The zero-order valence-electron chi connectivity index (χ0n) is 20.3. The van der Waals surface area contributed by atoms with Crippen molar-refractivity contribution < 1.29 is 9.47 Å². The number of hydrogen-bond acceptors (Lipinski definition) is 3. The SMILES string of the molecule is COCOc1c(Pc2ccccc2/C=N/n2cccc2)cc(C(C)(C)C)cc1C(C)(C)C. The second-order valence-corrected chi connectivity index (χ2v) is 11.3. The molecule has 0 amide bonds. The smallest absolute Gasteiger partial charge is 0.188 e. The normalized spacial score (nSPS) is 12.8. The monoisotopic (exact) mass is 450 g/mol. The molecule has 3 aromatic rings. The molecule has 0 radical (unpaired) electrons. The molecular weight excluding hydrogens is 415 g/mol. The number of ether oxygens (including phenoxy) is 2. The van der Waals surface area contributed by atoms with Crippen molar-refractivity contribution in [3.8, 4) is 5.75 Å². The van der Waals surface area contributed by atoms with E-state index in [1.54, 1.807) is 7.11 Å². The predicted molar refractivity (Wildman–Crippen MR) is 138 cm³/mol. The van der Waals surface area contributed by atoms with Gasteiger partial charge in [-0.3, -0.25) is 0 Å². The van der Waals surface area contributed by atoms with Crippen molar-refractivity contribution in [3.05, 3.63) is 77.6 Å². The van der Waals surface area contributed by atoms with Crippen LogP contribution in [0.4, 0.5) is 0 Å². The van der Waals surface area contributed by atoms with E-state index in [0.717, 1.165) is 11.3 Å². The van der Waals surface area contributed by atoms with E-state index in [4.69, 9.17) is 9.47 Å². The first-order valence-corrected chi connectivity index (χ1v) is 11.9. The summed E-state index contributed by atoms with van der Waals surface area (Å²) in [4.78, 5) is 0. The highest BCUT2D eigenvalue weighted by Gasteiger charge is 2.26. The number of rotatable bonds is 7. The molecule has 170 valence electrons. The van der Waals surface area contributed by atoms with Gasteiger partial charge in [-0.15, -0.1) is 0 Å². The molecule has 32 heavy (non-hydrogen) atoms. The molecule has 0 aliphatic heterocycles. The molecule has 2 aromatic carbocycles. The molecule has 1 aromatic heterocycles. The van der Waals surface area contributed by atoms with Crippen LogP contribution < -0.4 is 15.3 Å². The molecule has 5 heteroatoms. The minimum atomic E-state index is -0.0566. The summed E-state index contributed by atoms with van der Waals surface area (Å²) in [6, 6.07) is 17.0. The molecule has 0 bridgehead atoms. The Kier molecular flexibility index (Phi) is 7.59. The Labute approximate surface area is 194 Å². The third-order valence-electron chi connectivity index (χ3n) is 5.23. The van der Waals surface area contributed by atoms with Crippen LogP contribution in [0.25, 0.3) is 0 Å². The minimum Gasteiger partial charge on any atom is -0.467 e. The van der Waals surface area contributed by atoms with Gasteiger partial charge in [0.1, 0.15) is 5.75 Å². The second kappa shape index (κ2) is 10.0. The average molecular weight is 451 g/mol. The van der Waals surface area contributed by atoms with Gasteiger partial charge in [0.2, 0.25) is 0 Å².